The Labute approximate surface area is 139 Å². The van der Waals surface area contributed by atoms with E-state index in [1.54, 1.807) is 0 Å². The SMILES string of the molecule is NC(=O)C(NC(=O)NCc1ccc(OC2CCCC2)cc1)C(N)=O. The summed E-state index contributed by atoms with van der Waals surface area (Å²) in [5, 5.41) is 4.65. The van der Waals surface area contributed by atoms with E-state index < -0.39 is 23.9 Å². The van der Waals surface area contributed by atoms with Gasteiger partial charge in [-0.05, 0) is 43.4 Å². The first-order chi connectivity index (χ1) is 11.5. The molecule has 0 aliphatic heterocycles. The van der Waals surface area contributed by atoms with Crippen LogP contribution in [0.25, 0.3) is 0 Å². The fourth-order valence-corrected chi connectivity index (χ4v) is 2.53. The van der Waals surface area contributed by atoms with Gasteiger partial charge in [0.25, 0.3) is 0 Å². The highest BCUT2D eigenvalue weighted by Gasteiger charge is 2.23. The van der Waals surface area contributed by atoms with E-state index in [2.05, 4.69) is 10.6 Å². The summed E-state index contributed by atoms with van der Waals surface area (Å²) in [6.45, 7) is 0.222. The van der Waals surface area contributed by atoms with Gasteiger partial charge < -0.3 is 26.8 Å². The third-order valence-corrected chi connectivity index (χ3v) is 3.83. The highest BCUT2D eigenvalue weighted by Crippen LogP contribution is 2.24. The van der Waals surface area contributed by atoms with E-state index >= 15 is 0 Å². The average Bonchev–Trinajstić information content (AvgIpc) is 3.04. The van der Waals surface area contributed by atoms with Crippen molar-refractivity contribution in [1.29, 1.82) is 0 Å². The Morgan fingerprint density at radius 1 is 1.08 bits per heavy atom. The number of carbonyl (C=O) groups is 3. The van der Waals surface area contributed by atoms with Gasteiger partial charge in [-0.15, -0.1) is 0 Å². The average molecular weight is 334 g/mol. The molecule has 8 nitrogen and oxygen atoms in total. The third kappa shape index (κ3) is 5.15. The number of amides is 4. The second kappa shape index (κ2) is 8.19. The van der Waals surface area contributed by atoms with Crippen molar-refractivity contribution in [3.63, 3.8) is 0 Å². The topological polar surface area (TPSA) is 137 Å². The van der Waals surface area contributed by atoms with Crippen LogP contribution in [0.3, 0.4) is 0 Å². The summed E-state index contributed by atoms with van der Waals surface area (Å²) in [6.07, 6.45) is 4.88. The number of ether oxygens (including phenoxy) is 1. The first-order valence-corrected chi connectivity index (χ1v) is 7.84. The van der Waals surface area contributed by atoms with Crippen molar-refractivity contribution in [2.24, 2.45) is 11.5 Å². The van der Waals surface area contributed by atoms with Crippen molar-refractivity contribution in [3.8, 4) is 5.75 Å². The van der Waals surface area contributed by atoms with Gasteiger partial charge in [0.05, 0.1) is 6.10 Å². The molecule has 8 heteroatoms. The number of nitrogens with one attached hydrogen (secondary N) is 2. The Morgan fingerprint density at radius 2 is 1.67 bits per heavy atom. The van der Waals surface area contributed by atoms with Crippen LogP contribution in [0.5, 0.6) is 5.75 Å². The van der Waals surface area contributed by atoms with Crippen LogP contribution in [-0.2, 0) is 16.1 Å². The normalized spacial score (nSPS) is 14.4. The Bertz CT molecular complexity index is 583. The van der Waals surface area contributed by atoms with E-state index in [4.69, 9.17) is 16.2 Å². The lowest BCUT2D eigenvalue weighted by atomic mass is 10.2. The summed E-state index contributed by atoms with van der Waals surface area (Å²) >= 11 is 0. The molecule has 1 fully saturated rings. The highest BCUT2D eigenvalue weighted by molar-refractivity contribution is 6.05. The largest absolute Gasteiger partial charge is 0.490 e. The molecule has 0 spiro atoms. The predicted molar refractivity (Wildman–Crippen MR) is 86.9 cm³/mol. The number of nitrogens with two attached hydrogens (primary N) is 2. The van der Waals surface area contributed by atoms with Gasteiger partial charge in [-0.2, -0.15) is 0 Å². The molecule has 1 aromatic carbocycles. The molecule has 0 unspecified atom stereocenters. The molecule has 0 radical (unpaired) electrons. The zero-order valence-corrected chi connectivity index (χ0v) is 13.3. The molecule has 0 atom stereocenters. The van der Waals surface area contributed by atoms with Gasteiger partial charge in [0, 0.05) is 6.54 Å². The van der Waals surface area contributed by atoms with E-state index in [-0.39, 0.29) is 6.54 Å². The van der Waals surface area contributed by atoms with Gasteiger partial charge in [-0.25, -0.2) is 4.79 Å². The van der Waals surface area contributed by atoms with Crippen LogP contribution >= 0.6 is 0 Å². The van der Waals surface area contributed by atoms with Gasteiger partial charge in [0.2, 0.25) is 11.8 Å². The van der Waals surface area contributed by atoms with Gasteiger partial charge in [0.1, 0.15) is 5.75 Å². The maximum absolute atomic E-state index is 11.7. The van der Waals surface area contributed by atoms with E-state index in [1.807, 2.05) is 24.3 Å². The van der Waals surface area contributed by atoms with E-state index in [1.165, 1.54) is 12.8 Å². The third-order valence-electron chi connectivity index (χ3n) is 3.83. The summed E-state index contributed by atoms with van der Waals surface area (Å²) in [7, 11) is 0. The van der Waals surface area contributed by atoms with Crippen LogP contribution in [0.1, 0.15) is 31.2 Å². The summed E-state index contributed by atoms with van der Waals surface area (Å²) in [5.41, 5.74) is 10.8. The molecule has 0 aromatic heterocycles. The molecular formula is C16H22N4O4. The van der Waals surface area contributed by atoms with Crippen molar-refractivity contribution < 1.29 is 19.1 Å². The molecule has 24 heavy (non-hydrogen) atoms. The second-order valence-electron chi connectivity index (χ2n) is 5.73. The number of carbonyl (C=O) groups excluding carboxylic acids is 3. The quantitative estimate of drug-likeness (QED) is 0.527. The molecule has 6 N–H and O–H groups in total. The summed E-state index contributed by atoms with van der Waals surface area (Å²) in [6, 6.07) is 5.14. The highest BCUT2D eigenvalue weighted by atomic mass is 16.5. The van der Waals surface area contributed by atoms with Crippen LogP contribution in [0.4, 0.5) is 4.79 Å². The van der Waals surface area contributed by atoms with Crippen LogP contribution in [0.2, 0.25) is 0 Å². The minimum Gasteiger partial charge on any atom is -0.490 e. The molecule has 1 aromatic rings. The first-order valence-electron chi connectivity index (χ1n) is 7.84. The molecule has 4 amide bonds. The Kier molecular flexibility index (Phi) is 6.00. The van der Waals surface area contributed by atoms with Gasteiger partial charge in [0.15, 0.2) is 6.04 Å². The molecule has 1 aliphatic carbocycles. The van der Waals surface area contributed by atoms with Gasteiger partial charge in [-0.1, -0.05) is 12.1 Å². The molecule has 0 saturated heterocycles. The standard InChI is InChI=1S/C16H22N4O4/c17-14(21)13(15(18)22)20-16(23)19-9-10-5-7-12(8-6-10)24-11-3-1-2-4-11/h5-8,11,13H,1-4,9H2,(H2,17,21)(H2,18,22)(H2,19,20,23). The number of urea groups is 1. The fraction of sp³-hybridized carbons (Fsp3) is 0.438. The second-order valence-corrected chi connectivity index (χ2v) is 5.73. The van der Waals surface area contributed by atoms with Crippen LogP contribution in [0.15, 0.2) is 24.3 Å². The lowest BCUT2D eigenvalue weighted by Crippen LogP contribution is -2.54. The van der Waals surface area contributed by atoms with Crippen LogP contribution in [0, 0.1) is 0 Å². The van der Waals surface area contributed by atoms with Crippen molar-refractivity contribution in [2.75, 3.05) is 0 Å². The lowest BCUT2D eigenvalue weighted by Gasteiger charge is -2.14. The molecule has 0 heterocycles. The fourth-order valence-electron chi connectivity index (χ4n) is 2.53. The Hall–Kier alpha value is -2.77. The lowest BCUT2D eigenvalue weighted by molar-refractivity contribution is -0.128. The van der Waals surface area contributed by atoms with E-state index in [9.17, 15) is 14.4 Å². The number of hydrogen-bond donors (Lipinski definition) is 4. The predicted octanol–water partition coefficient (Wildman–Crippen LogP) is 0.146. The summed E-state index contributed by atoms with van der Waals surface area (Å²) in [5.74, 6) is -1.21. The summed E-state index contributed by atoms with van der Waals surface area (Å²) < 4.78 is 5.86. The molecule has 2 rings (SSSR count). The zero-order chi connectivity index (χ0) is 17.5. The minimum absolute atomic E-state index is 0.222. The molecule has 1 saturated carbocycles. The molecule has 1 aliphatic rings. The molecule has 130 valence electrons. The number of hydrogen-bond acceptors (Lipinski definition) is 4. The first kappa shape index (κ1) is 17.6. The van der Waals surface area contributed by atoms with Crippen molar-refractivity contribution >= 4 is 17.8 Å². The smallest absolute Gasteiger partial charge is 0.316 e. The maximum Gasteiger partial charge on any atom is 0.316 e. The van der Waals surface area contributed by atoms with Gasteiger partial charge >= 0.3 is 6.03 Å². The number of benzene rings is 1. The molecular weight excluding hydrogens is 312 g/mol. The van der Waals surface area contributed by atoms with E-state index in [0.29, 0.717) is 6.10 Å². The Balaban J connectivity index is 1.79. The Morgan fingerprint density at radius 3 is 2.21 bits per heavy atom. The maximum atomic E-state index is 11.7. The van der Waals surface area contributed by atoms with Crippen molar-refractivity contribution in [3.05, 3.63) is 29.8 Å². The zero-order valence-electron chi connectivity index (χ0n) is 13.3. The monoisotopic (exact) mass is 334 g/mol. The number of primary amides is 2. The van der Waals surface area contributed by atoms with Crippen molar-refractivity contribution in [1.82, 2.24) is 10.6 Å². The van der Waals surface area contributed by atoms with Crippen LogP contribution in [-0.4, -0.2) is 30.0 Å². The van der Waals surface area contributed by atoms with Gasteiger partial charge in [-0.3, -0.25) is 9.59 Å². The van der Waals surface area contributed by atoms with E-state index in [0.717, 1.165) is 24.2 Å². The number of rotatable bonds is 7. The van der Waals surface area contributed by atoms with Crippen LogP contribution < -0.4 is 26.8 Å². The summed E-state index contributed by atoms with van der Waals surface area (Å²) in [4.78, 5) is 33.7. The molecule has 0 bridgehead atoms. The minimum atomic E-state index is -1.54. The van der Waals surface area contributed by atoms with Crippen molar-refractivity contribution in [2.45, 2.75) is 44.4 Å².